The number of para-hydroxylation sites is 1. The summed E-state index contributed by atoms with van der Waals surface area (Å²) < 4.78 is 56.7. The van der Waals surface area contributed by atoms with Gasteiger partial charge in [0, 0.05) is 16.3 Å². The van der Waals surface area contributed by atoms with E-state index in [-0.39, 0.29) is 20.4 Å². The predicted molar refractivity (Wildman–Crippen MR) is 155 cm³/mol. The van der Waals surface area contributed by atoms with Crippen LogP contribution in [0.4, 0.5) is 17.1 Å². The van der Waals surface area contributed by atoms with Crippen LogP contribution >= 0.6 is 23.2 Å². The highest BCUT2D eigenvalue weighted by molar-refractivity contribution is 7.93. The van der Waals surface area contributed by atoms with Crippen LogP contribution in [0.3, 0.4) is 0 Å². The summed E-state index contributed by atoms with van der Waals surface area (Å²) in [7, 11) is -8.01. The zero-order valence-corrected chi connectivity index (χ0v) is 23.8. The molecule has 0 aliphatic heterocycles. The molecule has 0 aliphatic rings. The molecule has 0 aromatic heterocycles. The van der Waals surface area contributed by atoms with Gasteiger partial charge in [-0.3, -0.25) is 14.2 Å². The van der Waals surface area contributed by atoms with Crippen LogP contribution in [0, 0.1) is 13.8 Å². The van der Waals surface area contributed by atoms with Gasteiger partial charge < -0.3 is 5.32 Å². The molecule has 1 amide bonds. The molecule has 3 N–H and O–H groups in total. The number of anilines is 3. The fraction of sp³-hybridized carbons (Fsp3) is 0.0741. The number of sulfonamides is 2. The van der Waals surface area contributed by atoms with E-state index in [4.69, 9.17) is 23.2 Å². The summed E-state index contributed by atoms with van der Waals surface area (Å²) >= 11 is 12.2. The van der Waals surface area contributed by atoms with Gasteiger partial charge in [0.1, 0.15) is 4.90 Å². The molecule has 0 heterocycles. The van der Waals surface area contributed by atoms with Gasteiger partial charge in [-0.25, -0.2) is 16.8 Å². The highest BCUT2D eigenvalue weighted by atomic mass is 35.5. The lowest BCUT2D eigenvalue weighted by atomic mass is 10.2. The van der Waals surface area contributed by atoms with Crippen molar-refractivity contribution in [3.63, 3.8) is 0 Å². The molecule has 0 spiro atoms. The predicted octanol–water partition coefficient (Wildman–Crippen LogP) is 6.46. The minimum atomic E-state index is -4.09. The van der Waals surface area contributed by atoms with Gasteiger partial charge in [0.25, 0.3) is 26.0 Å². The molecule has 4 aromatic rings. The number of aryl methyl sites for hydroxylation is 1. The maximum absolute atomic E-state index is 13.0. The van der Waals surface area contributed by atoms with Crippen LogP contribution in [-0.4, -0.2) is 22.7 Å². The normalized spacial score (nSPS) is 11.6. The summed E-state index contributed by atoms with van der Waals surface area (Å²) in [6.07, 6.45) is 0. The summed E-state index contributed by atoms with van der Waals surface area (Å²) in [5.41, 5.74) is 2.39. The number of carbonyl (C=O) groups is 1. The molecule has 0 saturated heterocycles. The first-order chi connectivity index (χ1) is 18.4. The van der Waals surface area contributed by atoms with Crippen molar-refractivity contribution in [1.29, 1.82) is 0 Å². The lowest BCUT2D eigenvalue weighted by Gasteiger charge is -2.13. The number of rotatable bonds is 8. The van der Waals surface area contributed by atoms with Crippen molar-refractivity contribution in [1.82, 2.24) is 0 Å². The Morgan fingerprint density at radius 3 is 2.03 bits per heavy atom. The number of halogens is 2. The van der Waals surface area contributed by atoms with Gasteiger partial charge in [-0.05, 0) is 85.6 Å². The second kappa shape index (κ2) is 11.3. The Balaban J connectivity index is 1.51. The number of hydrogen-bond donors (Lipinski definition) is 3. The van der Waals surface area contributed by atoms with E-state index < -0.39 is 26.0 Å². The van der Waals surface area contributed by atoms with E-state index in [1.54, 1.807) is 56.3 Å². The third-order valence-electron chi connectivity index (χ3n) is 5.81. The van der Waals surface area contributed by atoms with Crippen molar-refractivity contribution < 1.29 is 21.6 Å². The molecule has 4 aromatic carbocycles. The van der Waals surface area contributed by atoms with Crippen molar-refractivity contribution in [3.8, 4) is 0 Å². The molecule has 0 aliphatic carbocycles. The third-order valence-corrected chi connectivity index (χ3v) is 9.44. The van der Waals surface area contributed by atoms with E-state index >= 15 is 0 Å². The Bertz CT molecular complexity index is 1780. The van der Waals surface area contributed by atoms with Gasteiger partial charge in [0.2, 0.25) is 0 Å². The average Bonchev–Trinajstić information content (AvgIpc) is 2.88. The Hall–Kier alpha value is -3.57. The van der Waals surface area contributed by atoms with E-state index in [2.05, 4.69) is 14.8 Å². The van der Waals surface area contributed by atoms with Crippen molar-refractivity contribution in [2.75, 3.05) is 14.8 Å². The number of amides is 1. The van der Waals surface area contributed by atoms with Gasteiger partial charge in [0.05, 0.1) is 21.3 Å². The van der Waals surface area contributed by atoms with E-state index in [0.717, 1.165) is 5.56 Å². The van der Waals surface area contributed by atoms with E-state index in [1.807, 2.05) is 0 Å². The minimum absolute atomic E-state index is 0.0259. The molecule has 12 heteroatoms. The Morgan fingerprint density at radius 2 is 1.33 bits per heavy atom. The Kier molecular flexibility index (Phi) is 8.22. The second-order valence-corrected chi connectivity index (χ2v) is 12.7. The number of carbonyl (C=O) groups excluding carboxylic acids is 1. The maximum Gasteiger partial charge on any atom is 0.263 e. The van der Waals surface area contributed by atoms with E-state index in [1.165, 1.54) is 42.5 Å². The van der Waals surface area contributed by atoms with Gasteiger partial charge in [-0.15, -0.1) is 0 Å². The zero-order valence-electron chi connectivity index (χ0n) is 20.7. The summed E-state index contributed by atoms with van der Waals surface area (Å²) in [5.74, 6) is -0.609. The first kappa shape index (κ1) is 28.4. The number of hydrogen-bond acceptors (Lipinski definition) is 5. The average molecular weight is 605 g/mol. The van der Waals surface area contributed by atoms with Crippen molar-refractivity contribution >= 4 is 66.2 Å². The molecule has 8 nitrogen and oxygen atoms in total. The lowest BCUT2D eigenvalue weighted by molar-refractivity contribution is 0.102. The molecule has 0 unspecified atom stereocenters. The van der Waals surface area contributed by atoms with Crippen LogP contribution in [0.5, 0.6) is 0 Å². The van der Waals surface area contributed by atoms with E-state index in [0.29, 0.717) is 27.6 Å². The minimum Gasteiger partial charge on any atom is -0.322 e. The zero-order chi connectivity index (χ0) is 28.4. The number of nitrogens with one attached hydrogen (secondary N) is 3. The molecular formula is C27H23Cl2N3O5S2. The summed E-state index contributed by atoms with van der Waals surface area (Å²) in [6, 6.07) is 21.1. The molecule has 4 rings (SSSR count). The molecule has 0 bridgehead atoms. The largest absolute Gasteiger partial charge is 0.322 e. The highest BCUT2D eigenvalue weighted by Crippen LogP contribution is 2.28. The molecule has 0 radical (unpaired) electrons. The van der Waals surface area contributed by atoms with Crippen LogP contribution in [0.15, 0.2) is 94.7 Å². The van der Waals surface area contributed by atoms with Crippen molar-refractivity contribution in [2.45, 2.75) is 23.6 Å². The molecule has 0 atom stereocenters. The van der Waals surface area contributed by atoms with Crippen molar-refractivity contribution in [3.05, 3.63) is 112 Å². The smallest absolute Gasteiger partial charge is 0.263 e. The molecule has 0 fully saturated rings. The molecule has 202 valence electrons. The molecule has 39 heavy (non-hydrogen) atoms. The SMILES string of the molecule is Cc1ccccc1NS(=O)(=O)c1cc(C(=O)Nc2ccc(S(=O)(=O)Nc3cccc(Cl)c3C)cc2)ccc1Cl. The first-order valence-corrected chi connectivity index (χ1v) is 15.2. The standard InChI is InChI=1S/C27H23Cl2N3O5S2/c1-17-6-3-4-8-24(17)31-39(36,37)26-16-19(10-15-23(26)29)27(33)30-20-11-13-21(14-12-20)38(34,35)32-25-9-5-7-22(28)18(25)2/h3-16,31-32H,1-2H3,(H,30,33). The summed E-state index contributed by atoms with van der Waals surface area (Å²) in [4.78, 5) is 12.6. The maximum atomic E-state index is 13.0. The molecular weight excluding hydrogens is 581 g/mol. The third kappa shape index (κ3) is 6.54. The quantitative estimate of drug-likeness (QED) is 0.213. The van der Waals surface area contributed by atoms with Crippen LogP contribution in [0.2, 0.25) is 10.0 Å². The Labute approximate surface area is 237 Å². The summed E-state index contributed by atoms with van der Waals surface area (Å²) in [6.45, 7) is 3.46. The topological polar surface area (TPSA) is 121 Å². The van der Waals surface area contributed by atoms with Crippen LogP contribution in [0.1, 0.15) is 21.5 Å². The monoisotopic (exact) mass is 603 g/mol. The number of benzene rings is 4. The first-order valence-electron chi connectivity index (χ1n) is 11.4. The fourth-order valence-electron chi connectivity index (χ4n) is 3.58. The Morgan fingerprint density at radius 1 is 0.692 bits per heavy atom. The summed E-state index contributed by atoms with van der Waals surface area (Å²) in [5, 5.41) is 3.01. The van der Waals surface area contributed by atoms with E-state index in [9.17, 15) is 21.6 Å². The fourth-order valence-corrected chi connectivity index (χ4v) is 6.54. The van der Waals surface area contributed by atoms with Crippen molar-refractivity contribution in [2.24, 2.45) is 0 Å². The van der Waals surface area contributed by atoms with Gasteiger partial charge in [-0.2, -0.15) is 0 Å². The van der Waals surface area contributed by atoms with Gasteiger partial charge >= 0.3 is 0 Å². The van der Waals surface area contributed by atoms with Crippen LogP contribution in [-0.2, 0) is 20.0 Å². The second-order valence-electron chi connectivity index (χ2n) is 8.56. The molecule has 0 saturated carbocycles. The van der Waals surface area contributed by atoms with Crippen LogP contribution in [0.25, 0.3) is 0 Å². The highest BCUT2D eigenvalue weighted by Gasteiger charge is 2.22. The van der Waals surface area contributed by atoms with Crippen LogP contribution < -0.4 is 14.8 Å². The van der Waals surface area contributed by atoms with Gasteiger partial charge in [-0.1, -0.05) is 47.5 Å². The van der Waals surface area contributed by atoms with Gasteiger partial charge in [0.15, 0.2) is 0 Å². The lowest BCUT2D eigenvalue weighted by Crippen LogP contribution is -2.17.